The van der Waals surface area contributed by atoms with Crippen LogP contribution in [0.15, 0.2) is 5.10 Å². The fourth-order valence-corrected chi connectivity index (χ4v) is 1.22. The Hall–Kier alpha value is -0.740. The summed E-state index contributed by atoms with van der Waals surface area (Å²) in [4.78, 5) is 0. The summed E-state index contributed by atoms with van der Waals surface area (Å²) in [7, 11) is 1.56. The molecule has 1 rings (SSSR count). The van der Waals surface area contributed by atoms with Crippen molar-refractivity contribution in [1.82, 2.24) is 5.01 Å². The molecular weight excluding hydrogens is 169 g/mol. The van der Waals surface area contributed by atoms with E-state index in [4.69, 9.17) is 0 Å². The first-order valence-electron chi connectivity index (χ1n) is 3.72. The Labute approximate surface area is 69.0 Å². The van der Waals surface area contributed by atoms with E-state index in [1.165, 1.54) is 5.01 Å². The van der Waals surface area contributed by atoms with Crippen LogP contribution in [-0.4, -0.2) is 30.0 Å². The molecule has 2 nitrogen and oxygen atoms in total. The van der Waals surface area contributed by atoms with Gasteiger partial charge < -0.3 is 0 Å². The molecular formula is C7H11F3N2. The van der Waals surface area contributed by atoms with E-state index in [-0.39, 0.29) is 6.04 Å². The lowest BCUT2D eigenvalue weighted by molar-refractivity contribution is -0.0619. The Balaban J connectivity index is 2.87. The molecule has 0 N–H and O–H groups in total. The van der Waals surface area contributed by atoms with Gasteiger partial charge in [-0.05, 0) is 6.92 Å². The molecule has 0 aromatic carbocycles. The fraction of sp³-hybridized carbons (Fsp3) is 0.857. The van der Waals surface area contributed by atoms with Crippen molar-refractivity contribution in [2.75, 3.05) is 7.05 Å². The van der Waals surface area contributed by atoms with Crippen molar-refractivity contribution >= 4 is 5.71 Å². The molecule has 2 atom stereocenters. The van der Waals surface area contributed by atoms with Gasteiger partial charge in [-0.25, -0.2) is 0 Å². The van der Waals surface area contributed by atoms with Crippen molar-refractivity contribution < 1.29 is 13.2 Å². The number of halogens is 3. The highest BCUT2D eigenvalue weighted by atomic mass is 19.4. The lowest BCUT2D eigenvalue weighted by atomic mass is 9.99. The van der Waals surface area contributed by atoms with Gasteiger partial charge in [-0.15, -0.1) is 0 Å². The standard InChI is InChI=1S/C7H11F3N2/c1-4-5(2)12(3)11-6(4)7(8,9)10/h4-5H,1-3H3. The van der Waals surface area contributed by atoms with Gasteiger partial charge in [-0.2, -0.15) is 18.3 Å². The Kier molecular flexibility index (Phi) is 2.06. The van der Waals surface area contributed by atoms with Gasteiger partial charge in [0, 0.05) is 13.0 Å². The lowest BCUT2D eigenvalue weighted by Crippen LogP contribution is -2.31. The lowest BCUT2D eigenvalue weighted by Gasteiger charge is -2.17. The van der Waals surface area contributed by atoms with Crippen LogP contribution >= 0.6 is 0 Å². The van der Waals surface area contributed by atoms with Gasteiger partial charge in [0.25, 0.3) is 0 Å². The summed E-state index contributed by atoms with van der Waals surface area (Å²) < 4.78 is 36.6. The van der Waals surface area contributed by atoms with Crippen molar-refractivity contribution in [3.63, 3.8) is 0 Å². The quantitative estimate of drug-likeness (QED) is 0.555. The van der Waals surface area contributed by atoms with E-state index >= 15 is 0 Å². The molecule has 0 spiro atoms. The third-order valence-electron chi connectivity index (χ3n) is 2.30. The van der Waals surface area contributed by atoms with E-state index in [1.54, 1.807) is 20.9 Å². The van der Waals surface area contributed by atoms with Crippen LogP contribution in [0.3, 0.4) is 0 Å². The van der Waals surface area contributed by atoms with Crippen LogP contribution < -0.4 is 0 Å². The molecule has 0 aromatic heterocycles. The molecule has 0 fully saturated rings. The monoisotopic (exact) mass is 180 g/mol. The third-order valence-corrected chi connectivity index (χ3v) is 2.30. The molecule has 1 heterocycles. The number of hydrogen-bond donors (Lipinski definition) is 0. The number of hydrogen-bond acceptors (Lipinski definition) is 2. The summed E-state index contributed by atoms with van der Waals surface area (Å²) in [5, 5.41) is 4.80. The Morgan fingerprint density at radius 3 is 2.00 bits per heavy atom. The van der Waals surface area contributed by atoms with E-state index in [9.17, 15) is 13.2 Å². The number of alkyl halides is 3. The summed E-state index contributed by atoms with van der Waals surface area (Å²) in [6.07, 6.45) is -4.28. The molecule has 5 heteroatoms. The van der Waals surface area contributed by atoms with Gasteiger partial charge in [0.1, 0.15) is 5.71 Å². The highest BCUT2D eigenvalue weighted by molar-refractivity contribution is 5.93. The van der Waals surface area contributed by atoms with E-state index in [2.05, 4.69) is 5.10 Å². The SMILES string of the molecule is CC1C(C(F)(F)F)=NN(C)C1C. The molecule has 0 saturated heterocycles. The molecule has 70 valence electrons. The minimum atomic E-state index is -4.28. The van der Waals surface area contributed by atoms with Gasteiger partial charge in [0.05, 0.1) is 6.04 Å². The van der Waals surface area contributed by atoms with Crippen molar-refractivity contribution in [3.8, 4) is 0 Å². The van der Waals surface area contributed by atoms with Crippen LogP contribution in [0.1, 0.15) is 13.8 Å². The van der Waals surface area contributed by atoms with Crippen molar-refractivity contribution in [2.45, 2.75) is 26.1 Å². The largest absolute Gasteiger partial charge is 0.431 e. The van der Waals surface area contributed by atoms with Crippen LogP contribution in [0.25, 0.3) is 0 Å². The van der Waals surface area contributed by atoms with E-state index < -0.39 is 17.8 Å². The third kappa shape index (κ3) is 1.40. The highest BCUT2D eigenvalue weighted by Crippen LogP contribution is 2.30. The summed E-state index contributed by atoms with van der Waals surface area (Å²) in [6, 6.07) is -0.165. The topological polar surface area (TPSA) is 15.6 Å². The molecule has 0 saturated carbocycles. The summed E-state index contributed by atoms with van der Waals surface area (Å²) in [6.45, 7) is 3.27. The first kappa shape index (κ1) is 9.35. The van der Waals surface area contributed by atoms with Crippen molar-refractivity contribution in [1.29, 1.82) is 0 Å². The molecule has 12 heavy (non-hydrogen) atoms. The van der Waals surface area contributed by atoms with Gasteiger partial charge in [0.15, 0.2) is 0 Å². The Bertz CT molecular complexity index is 209. The zero-order chi connectivity index (χ0) is 9.52. The van der Waals surface area contributed by atoms with Crippen molar-refractivity contribution in [2.24, 2.45) is 11.0 Å². The molecule has 0 bridgehead atoms. The number of nitrogens with zero attached hydrogens (tertiary/aromatic N) is 2. The summed E-state index contributed by atoms with van der Waals surface area (Å²) in [5.41, 5.74) is -0.669. The number of hydrazone groups is 1. The van der Waals surface area contributed by atoms with Crippen molar-refractivity contribution in [3.05, 3.63) is 0 Å². The average molecular weight is 180 g/mol. The summed E-state index contributed by atoms with van der Waals surface area (Å²) in [5.74, 6) is -0.532. The van der Waals surface area contributed by atoms with Gasteiger partial charge in [-0.1, -0.05) is 6.92 Å². The van der Waals surface area contributed by atoms with E-state index in [0.717, 1.165) is 0 Å². The molecule has 2 unspecified atom stereocenters. The summed E-state index contributed by atoms with van der Waals surface area (Å²) >= 11 is 0. The average Bonchev–Trinajstić information content (AvgIpc) is 2.15. The fourth-order valence-electron chi connectivity index (χ4n) is 1.22. The van der Waals surface area contributed by atoms with Crippen LogP contribution in [0, 0.1) is 5.92 Å². The van der Waals surface area contributed by atoms with Gasteiger partial charge in [-0.3, -0.25) is 5.01 Å². The van der Waals surface area contributed by atoms with Crippen LogP contribution in [0.2, 0.25) is 0 Å². The minimum Gasteiger partial charge on any atom is -0.296 e. The normalized spacial score (nSPS) is 30.8. The first-order valence-corrected chi connectivity index (χ1v) is 3.72. The van der Waals surface area contributed by atoms with Crippen LogP contribution in [-0.2, 0) is 0 Å². The second kappa shape index (κ2) is 2.64. The predicted molar refractivity (Wildman–Crippen MR) is 39.9 cm³/mol. The second-order valence-corrected chi connectivity index (χ2v) is 3.09. The predicted octanol–water partition coefficient (Wildman–Crippen LogP) is 1.87. The minimum absolute atomic E-state index is 0.165. The van der Waals surface area contributed by atoms with Gasteiger partial charge in [0.2, 0.25) is 0 Å². The van der Waals surface area contributed by atoms with Crippen LogP contribution in [0.4, 0.5) is 13.2 Å². The second-order valence-electron chi connectivity index (χ2n) is 3.09. The molecule has 0 aromatic rings. The molecule has 0 radical (unpaired) electrons. The smallest absolute Gasteiger partial charge is 0.296 e. The van der Waals surface area contributed by atoms with Crippen LogP contribution in [0.5, 0.6) is 0 Å². The Morgan fingerprint density at radius 1 is 1.33 bits per heavy atom. The first-order chi connectivity index (χ1) is 5.34. The molecule has 0 amide bonds. The maximum atomic E-state index is 12.2. The molecule has 1 aliphatic heterocycles. The number of rotatable bonds is 0. The highest BCUT2D eigenvalue weighted by Gasteiger charge is 2.45. The van der Waals surface area contributed by atoms with E-state index in [1.807, 2.05) is 0 Å². The maximum Gasteiger partial charge on any atom is 0.431 e. The molecule has 1 aliphatic rings. The molecule has 0 aliphatic carbocycles. The zero-order valence-corrected chi connectivity index (χ0v) is 7.18. The maximum absolute atomic E-state index is 12.2. The van der Waals surface area contributed by atoms with E-state index in [0.29, 0.717) is 0 Å². The zero-order valence-electron chi connectivity index (χ0n) is 7.18. The van der Waals surface area contributed by atoms with Gasteiger partial charge >= 0.3 is 6.18 Å². The Morgan fingerprint density at radius 2 is 1.83 bits per heavy atom.